The van der Waals surface area contributed by atoms with Crippen molar-refractivity contribution in [3.63, 3.8) is 0 Å². The maximum atomic E-state index is 11.4. The highest BCUT2D eigenvalue weighted by Gasteiger charge is 2.20. The minimum absolute atomic E-state index is 0.208. The topological polar surface area (TPSA) is 89.1 Å². The van der Waals surface area contributed by atoms with Crippen molar-refractivity contribution in [3.8, 4) is 0 Å². The van der Waals surface area contributed by atoms with Crippen molar-refractivity contribution in [1.82, 2.24) is 19.4 Å². The van der Waals surface area contributed by atoms with Gasteiger partial charge in [0.2, 0.25) is 5.91 Å². The number of hydrogen-bond acceptors (Lipinski definition) is 3. The number of rotatable bonds is 4. The largest absolute Gasteiger partial charge is 0.369 e. The molecule has 0 bridgehead atoms. The zero-order valence-corrected chi connectivity index (χ0v) is 14.0. The maximum Gasteiger partial charge on any atom is 0.220 e. The van der Waals surface area contributed by atoms with E-state index in [9.17, 15) is 4.79 Å². The molecule has 0 aromatic carbocycles. The van der Waals surface area contributed by atoms with Crippen molar-refractivity contribution in [2.24, 2.45) is 11.7 Å². The number of fused-ring (bicyclic) bond motifs is 3. The first-order valence-electron chi connectivity index (χ1n) is 8.76. The lowest BCUT2D eigenvalue weighted by atomic mass is 9.87. The first-order valence-corrected chi connectivity index (χ1v) is 8.76. The standard InChI is InChI=1S/C18H23N5O/c1-11(17(19)24)7-13-8-20-18-16(13)23-10-14(22-15(23)9-21-18)12-5-3-2-4-6-12/h8-12,20H,2-7H2,1H3,(H2,19,24). The van der Waals surface area contributed by atoms with E-state index in [1.165, 1.54) is 37.8 Å². The molecular formula is C18H23N5O. The number of nitrogens with one attached hydrogen (secondary N) is 1. The first-order chi connectivity index (χ1) is 11.6. The fourth-order valence-corrected chi connectivity index (χ4v) is 3.80. The van der Waals surface area contributed by atoms with Crippen molar-refractivity contribution < 1.29 is 4.79 Å². The molecule has 1 aliphatic rings. The van der Waals surface area contributed by atoms with Gasteiger partial charge >= 0.3 is 0 Å². The summed E-state index contributed by atoms with van der Waals surface area (Å²) in [6.45, 7) is 1.86. The molecule has 6 heteroatoms. The monoisotopic (exact) mass is 325 g/mol. The molecule has 126 valence electrons. The second-order valence-electron chi connectivity index (χ2n) is 7.01. The lowest BCUT2D eigenvalue weighted by Gasteiger charge is -2.19. The number of nitrogens with two attached hydrogens (primary N) is 1. The second-order valence-corrected chi connectivity index (χ2v) is 7.01. The van der Waals surface area contributed by atoms with Gasteiger partial charge in [-0.25, -0.2) is 9.97 Å². The summed E-state index contributed by atoms with van der Waals surface area (Å²) in [4.78, 5) is 23.9. The van der Waals surface area contributed by atoms with Crippen molar-refractivity contribution in [3.05, 3.63) is 29.8 Å². The number of nitrogens with zero attached hydrogens (tertiary/aromatic N) is 3. The quantitative estimate of drug-likeness (QED) is 0.773. The van der Waals surface area contributed by atoms with Gasteiger partial charge in [-0.3, -0.25) is 9.20 Å². The summed E-state index contributed by atoms with van der Waals surface area (Å²) in [5.41, 5.74) is 10.4. The van der Waals surface area contributed by atoms with Crippen LogP contribution in [0.25, 0.3) is 16.8 Å². The fraction of sp³-hybridized carbons (Fsp3) is 0.500. The van der Waals surface area contributed by atoms with Gasteiger partial charge in [0, 0.05) is 24.2 Å². The Labute approximate surface area is 140 Å². The highest BCUT2D eigenvalue weighted by atomic mass is 16.1. The van der Waals surface area contributed by atoms with Gasteiger partial charge in [-0.15, -0.1) is 0 Å². The van der Waals surface area contributed by atoms with Crippen LogP contribution in [0, 0.1) is 5.92 Å². The number of H-pyrrole nitrogens is 1. The van der Waals surface area contributed by atoms with Crippen molar-refractivity contribution in [2.75, 3.05) is 0 Å². The molecule has 1 amide bonds. The van der Waals surface area contributed by atoms with Crippen LogP contribution in [0.3, 0.4) is 0 Å². The zero-order valence-electron chi connectivity index (χ0n) is 14.0. The van der Waals surface area contributed by atoms with Gasteiger partial charge in [0.05, 0.1) is 17.4 Å². The molecular weight excluding hydrogens is 302 g/mol. The van der Waals surface area contributed by atoms with E-state index in [1.807, 2.05) is 19.3 Å². The Morgan fingerprint density at radius 2 is 2.21 bits per heavy atom. The third-order valence-electron chi connectivity index (χ3n) is 5.25. The Morgan fingerprint density at radius 1 is 1.42 bits per heavy atom. The van der Waals surface area contributed by atoms with Crippen molar-refractivity contribution in [1.29, 1.82) is 0 Å². The van der Waals surface area contributed by atoms with E-state index in [2.05, 4.69) is 20.6 Å². The van der Waals surface area contributed by atoms with Crippen LogP contribution >= 0.6 is 0 Å². The van der Waals surface area contributed by atoms with E-state index < -0.39 is 0 Å². The average Bonchev–Trinajstić information content (AvgIpc) is 3.19. The van der Waals surface area contributed by atoms with E-state index in [4.69, 9.17) is 10.7 Å². The van der Waals surface area contributed by atoms with Gasteiger partial charge in [-0.2, -0.15) is 0 Å². The summed E-state index contributed by atoms with van der Waals surface area (Å²) in [5, 5.41) is 0. The third kappa shape index (κ3) is 2.56. The molecule has 0 saturated heterocycles. The van der Waals surface area contributed by atoms with Crippen LogP contribution in [-0.2, 0) is 11.2 Å². The molecule has 3 heterocycles. The summed E-state index contributed by atoms with van der Waals surface area (Å²) in [6, 6.07) is 0. The maximum absolute atomic E-state index is 11.4. The Kier molecular flexibility index (Phi) is 3.75. The summed E-state index contributed by atoms with van der Waals surface area (Å²) in [6.07, 6.45) is 12.9. The van der Waals surface area contributed by atoms with E-state index in [1.54, 1.807) is 0 Å². The molecule has 3 aromatic rings. The normalized spacial score (nSPS) is 17.5. The van der Waals surface area contributed by atoms with Crippen LogP contribution in [-0.4, -0.2) is 25.3 Å². The predicted molar refractivity (Wildman–Crippen MR) is 92.7 cm³/mol. The predicted octanol–water partition coefficient (Wildman–Crippen LogP) is 2.92. The number of aromatic nitrogens is 4. The second kappa shape index (κ2) is 5.92. The Bertz CT molecular complexity index is 887. The van der Waals surface area contributed by atoms with Crippen LogP contribution in [0.1, 0.15) is 56.2 Å². The molecule has 6 nitrogen and oxygen atoms in total. The highest BCUT2D eigenvalue weighted by molar-refractivity contribution is 5.81. The van der Waals surface area contributed by atoms with Gasteiger partial charge in [0.15, 0.2) is 11.3 Å². The van der Waals surface area contributed by atoms with E-state index in [0.29, 0.717) is 12.3 Å². The van der Waals surface area contributed by atoms with Crippen LogP contribution in [0.15, 0.2) is 18.6 Å². The van der Waals surface area contributed by atoms with Gasteiger partial charge in [-0.05, 0) is 24.8 Å². The molecule has 1 atom stereocenters. The average molecular weight is 325 g/mol. The summed E-state index contributed by atoms with van der Waals surface area (Å²) in [7, 11) is 0. The minimum atomic E-state index is -0.280. The number of primary amides is 1. The van der Waals surface area contributed by atoms with Crippen LogP contribution in [0.4, 0.5) is 0 Å². The molecule has 3 aromatic heterocycles. The molecule has 24 heavy (non-hydrogen) atoms. The zero-order chi connectivity index (χ0) is 16.7. The molecule has 0 aliphatic heterocycles. The highest BCUT2D eigenvalue weighted by Crippen LogP contribution is 2.33. The number of imidazole rings is 1. The molecule has 3 N–H and O–H groups in total. The van der Waals surface area contributed by atoms with E-state index >= 15 is 0 Å². The Morgan fingerprint density at radius 3 is 2.96 bits per heavy atom. The molecule has 1 saturated carbocycles. The number of amides is 1. The SMILES string of the molecule is CC(Cc1c[nH]c2ncc3nc(C4CCCCC4)cn3c12)C(N)=O. The Hall–Kier alpha value is -2.37. The van der Waals surface area contributed by atoms with Crippen LogP contribution < -0.4 is 5.73 Å². The van der Waals surface area contributed by atoms with Crippen molar-refractivity contribution in [2.45, 2.75) is 51.4 Å². The molecule has 0 spiro atoms. The fourth-order valence-electron chi connectivity index (χ4n) is 3.80. The van der Waals surface area contributed by atoms with Gasteiger partial charge < -0.3 is 10.7 Å². The minimum Gasteiger partial charge on any atom is -0.369 e. The van der Waals surface area contributed by atoms with Crippen molar-refractivity contribution >= 4 is 22.7 Å². The number of carbonyl (C=O) groups excluding carboxylic acids is 1. The van der Waals surface area contributed by atoms with E-state index in [-0.39, 0.29) is 11.8 Å². The molecule has 1 fully saturated rings. The molecule has 4 rings (SSSR count). The molecule has 0 radical (unpaired) electrons. The lowest BCUT2D eigenvalue weighted by Crippen LogP contribution is -2.22. The summed E-state index contributed by atoms with van der Waals surface area (Å²) >= 11 is 0. The van der Waals surface area contributed by atoms with Crippen LogP contribution in [0.5, 0.6) is 0 Å². The third-order valence-corrected chi connectivity index (χ3v) is 5.25. The summed E-state index contributed by atoms with van der Waals surface area (Å²) < 4.78 is 2.12. The van der Waals surface area contributed by atoms with Gasteiger partial charge in [-0.1, -0.05) is 26.2 Å². The van der Waals surface area contributed by atoms with Gasteiger partial charge in [0.1, 0.15) is 0 Å². The Balaban J connectivity index is 1.79. The number of carbonyl (C=O) groups is 1. The first kappa shape index (κ1) is 15.2. The molecule has 1 aliphatic carbocycles. The summed E-state index contributed by atoms with van der Waals surface area (Å²) in [5.74, 6) is 0.0687. The number of aromatic amines is 1. The van der Waals surface area contributed by atoms with Gasteiger partial charge in [0.25, 0.3) is 0 Å². The number of hydrogen-bond donors (Lipinski definition) is 2. The lowest BCUT2D eigenvalue weighted by molar-refractivity contribution is -0.121. The van der Waals surface area contributed by atoms with E-state index in [0.717, 1.165) is 22.4 Å². The smallest absolute Gasteiger partial charge is 0.220 e. The molecule has 1 unspecified atom stereocenters. The van der Waals surface area contributed by atoms with Crippen LogP contribution in [0.2, 0.25) is 0 Å².